The van der Waals surface area contributed by atoms with Crippen molar-refractivity contribution < 1.29 is 30.8 Å². The van der Waals surface area contributed by atoms with Gasteiger partial charge in [0, 0.05) is 48.2 Å². The number of H-pyrrole nitrogens is 1. The van der Waals surface area contributed by atoms with E-state index in [0.29, 0.717) is 5.69 Å². The number of aromatic nitrogens is 2. The van der Waals surface area contributed by atoms with Crippen LogP contribution in [0.25, 0.3) is 0 Å². The highest BCUT2D eigenvalue weighted by Crippen LogP contribution is 2.36. The van der Waals surface area contributed by atoms with Crippen LogP contribution in [0.4, 0.5) is 34.6 Å². The van der Waals surface area contributed by atoms with Gasteiger partial charge in [-0.15, -0.1) is 0 Å². The van der Waals surface area contributed by atoms with Gasteiger partial charge in [-0.25, -0.2) is 12.8 Å². The zero-order valence-electron chi connectivity index (χ0n) is 18.7. The number of hydrogen-bond donors (Lipinski definition) is 3. The molecule has 3 heterocycles. The lowest BCUT2D eigenvalue weighted by molar-refractivity contribution is -0.180. The second-order valence-corrected chi connectivity index (χ2v) is 10.6. The lowest BCUT2D eigenvalue weighted by Crippen LogP contribution is -2.53. The number of sulfonamides is 1. The third-order valence-electron chi connectivity index (χ3n) is 5.43. The lowest BCUT2D eigenvalue weighted by atomic mass is 9.99. The average Bonchev–Trinajstić information content (AvgIpc) is 3.14. The van der Waals surface area contributed by atoms with Crippen LogP contribution < -0.4 is 14.9 Å². The first-order chi connectivity index (χ1) is 16.8. The highest BCUT2D eigenvalue weighted by Gasteiger charge is 2.47. The average molecular weight is 546 g/mol. The maximum atomic E-state index is 14.6. The number of alkyl halides is 3. The molecule has 1 saturated heterocycles. The number of carbonyl (C=O) groups is 1. The summed E-state index contributed by atoms with van der Waals surface area (Å²) in [5.74, 6) is -2.63. The summed E-state index contributed by atoms with van der Waals surface area (Å²) in [6, 6.07) is 6.86. The molecule has 14 heteroatoms. The molecule has 3 N–H and O–H groups in total. The molecule has 8 nitrogen and oxygen atoms in total. The van der Waals surface area contributed by atoms with Crippen molar-refractivity contribution in [1.29, 1.82) is 0 Å². The monoisotopic (exact) mass is 545 g/mol. The summed E-state index contributed by atoms with van der Waals surface area (Å²) < 4.78 is 77.7. The van der Waals surface area contributed by atoms with E-state index in [2.05, 4.69) is 20.0 Å². The van der Waals surface area contributed by atoms with Crippen molar-refractivity contribution >= 4 is 44.6 Å². The van der Waals surface area contributed by atoms with Gasteiger partial charge < -0.3 is 15.2 Å². The molecule has 1 amide bonds. The number of rotatable bonds is 7. The van der Waals surface area contributed by atoms with E-state index >= 15 is 0 Å². The molecule has 0 bridgehead atoms. The van der Waals surface area contributed by atoms with Crippen LogP contribution >= 0.6 is 11.6 Å². The Bertz CT molecular complexity index is 1400. The van der Waals surface area contributed by atoms with E-state index in [9.17, 15) is 30.8 Å². The van der Waals surface area contributed by atoms with E-state index in [1.165, 1.54) is 41.6 Å². The predicted molar refractivity (Wildman–Crippen MR) is 127 cm³/mol. The van der Waals surface area contributed by atoms with Gasteiger partial charge in [-0.05, 0) is 24.3 Å². The molecule has 0 atom stereocenters. The summed E-state index contributed by atoms with van der Waals surface area (Å²) in [5, 5.41) is 2.81. The van der Waals surface area contributed by atoms with Crippen molar-refractivity contribution in [1.82, 2.24) is 9.97 Å². The fourth-order valence-corrected chi connectivity index (χ4v) is 4.43. The van der Waals surface area contributed by atoms with Gasteiger partial charge in [0.25, 0.3) is 5.91 Å². The number of nitrogens with zero attached hydrogens (tertiary/aromatic N) is 2. The molecule has 1 aromatic carbocycles. The van der Waals surface area contributed by atoms with Crippen molar-refractivity contribution in [3.8, 4) is 0 Å². The molecule has 36 heavy (non-hydrogen) atoms. The van der Waals surface area contributed by atoms with Gasteiger partial charge in [-0.1, -0.05) is 11.6 Å². The first-order valence-corrected chi connectivity index (χ1v) is 12.8. The molecular formula is C22H20ClF4N5O3S. The number of hydrogen-bond acceptors (Lipinski definition) is 5. The van der Waals surface area contributed by atoms with Gasteiger partial charge in [0.05, 0.1) is 41.0 Å². The van der Waals surface area contributed by atoms with Crippen LogP contribution in [0, 0.1) is 11.7 Å². The molecule has 4 rings (SSSR count). The van der Waals surface area contributed by atoms with E-state index < -0.39 is 33.8 Å². The first-order valence-electron chi connectivity index (χ1n) is 10.5. The van der Waals surface area contributed by atoms with Crippen LogP contribution in [0.5, 0.6) is 0 Å². The SMILES string of the molecule is CS(=O)(=O)Nc1cc(Cl)cc(NC(=O)c2c[nH]c(Cc3ncc(N4CC(C(F)(F)F)C4)cc3F)c2)c1. The summed E-state index contributed by atoms with van der Waals surface area (Å²) in [4.78, 5) is 20.9. The number of pyridine rings is 1. The van der Waals surface area contributed by atoms with Crippen molar-refractivity contribution in [2.75, 3.05) is 34.3 Å². The minimum atomic E-state index is -4.28. The third-order valence-corrected chi connectivity index (χ3v) is 6.26. The van der Waals surface area contributed by atoms with Crippen LogP contribution in [0.1, 0.15) is 21.7 Å². The molecular weight excluding hydrogens is 526 g/mol. The Labute approximate surface area is 208 Å². The Balaban J connectivity index is 1.40. The Morgan fingerprint density at radius 1 is 1.19 bits per heavy atom. The van der Waals surface area contributed by atoms with E-state index in [1.807, 2.05) is 0 Å². The molecule has 0 spiro atoms. The van der Waals surface area contributed by atoms with Crippen molar-refractivity contribution in [3.63, 3.8) is 0 Å². The van der Waals surface area contributed by atoms with E-state index in [4.69, 9.17) is 11.6 Å². The Morgan fingerprint density at radius 3 is 2.53 bits per heavy atom. The second-order valence-electron chi connectivity index (χ2n) is 8.41. The minimum Gasteiger partial charge on any atom is -0.369 e. The molecule has 3 aromatic rings. The highest BCUT2D eigenvalue weighted by molar-refractivity contribution is 7.92. The van der Waals surface area contributed by atoms with Gasteiger partial charge in [0.1, 0.15) is 5.82 Å². The molecule has 2 aromatic heterocycles. The van der Waals surface area contributed by atoms with Crippen LogP contribution in [0.3, 0.4) is 0 Å². The standard InChI is InChI=1S/C22H20ClF4N5O3S/c1-36(34,35)31-17-4-14(23)3-16(5-17)30-21(33)12-2-15(28-8-12)6-20-19(24)7-18(9-29-20)32-10-13(11-32)22(25,26)27/h2-5,7-9,13,28,31H,6,10-11H2,1H3,(H,30,33). The number of halogens is 5. The molecule has 1 fully saturated rings. The fourth-order valence-electron chi connectivity index (χ4n) is 3.65. The molecule has 0 saturated carbocycles. The van der Waals surface area contributed by atoms with E-state index in [-0.39, 0.29) is 52.9 Å². The summed E-state index contributed by atoms with van der Waals surface area (Å²) in [5.41, 5.74) is 1.46. The number of amides is 1. The number of benzene rings is 1. The molecule has 1 aliphatic rings. The second kappa shape index (κ2) is 9.62. The molecule has 0 aliphatic carbocycles. The third kappa shape index (κ3) is 6.26. The van der Waals surface area contributed by atoms with Crippen molar-refractivity contribution in [2.24, 2.45) is 5.92 Å². The van der Waals surface area contributed by atoms with Crippen LogP contribution in [0.2, 0.25) is 5.02 Å². The van der Waals surface area contributed by atoms with Gasteiger partial charge in [-0.2, -0.15) is 13.2 Å². The zero-order chi connectivity index (χ0) is 26.3. The first kappa shape index (κ1) is 25.8. The number of anilines is 3. The maximum Gasteiger partial charge on any atom is 0.395 e. The Kier molecular flexibility index (Phi) is 6.88. The molecule has 0 unspecified atom stereocenters. The molecule has 192 valence electrons. The summed E-state index contributed by atoms with van der Waals surface area (Å²) in [6.45, 7) is -0.477. The molecule has 1 aliphatic heterocycles. The normalized spacial score (nSPS) is 14.4. The van der Waals surface area contributed by atoms with Crippen molar-refractivity contribution in [3.05, 3.63) is 70.5 Å². The van der Waals surface area contributed by atoms with Crippen LogP contribution in [-0.4, -0.2) is 49.8 Å². The predicted octanol–water partition coefficient (Wildman–Crippen LogP) is 4.42. The van der Waals surface area contributed by atoms with Gasteiger partial charge in [-0.3, -0.25) is 14.5 Å². The van der Waals surface area contributed by atoms with Gasteiger partial charge in [0.15, 0.2) is 0 Å². The highest BCUT2D eigenvalue weighted by atomic mass is 35.5. The summed E-state index contributed by atoms with van der Waals surface area (Å²) in [6.07, 6.45) is -0.545. The number of carbonyl (C=O) groups excluding carboxylic acids is 1. The quantitative estimate of drug-likeness (QED) is 0.381. The minimum absolute atomic E-state index is 0.0180. The van der Waals surface area contributed by atoms with Crippen molar-refractivity contribution in [2.45, 2.75) is 12.6 Å². The lowest BCUT2D eigenvalue weighted by Gasteiger charge is -2.41. The maximum absolute atomic E-state index is 14.6. The topological polar surface area (TPSA) is 107 Å². The fraction of sp³-hybridized carbons (Fsp3) is 0.273. The van der Waals surface area contributed by atoms with E-state index in [0.717, 1.165) is 12.3 Å². The smallest absolute Gasteiger partial charge is 0.369 e. The number of aromatic amines is 1. The van der Waals surface area contributed by atoms with E-state index in [1.54, 1.807) is 0 Å². The van der Waals surface area contributed by atoms with Gasteiger partial charge >= 0.3 is 6.18 Å². The molecule has 0 radical (unpaired) electrons. The number of nitrogens with one attached hydrogen (secondary N) is 3. The Hall–Kier alpha value is -3.32. The van der Waals surface area contributed by atoms with Crippen LogP contribution in [-0.2, 0) is 16.4 Å². The summed E-state index contributed by atoms with van der Waals surface area (Å²) in [7, 11) is -3.55. The van der Waals surface area contributed by atoms with Crippen LogP contribution in [0.15, 0.2) is 42.7 Å². The zero-order valence-corrected chi connectivity index (χ0v) is 20.2. The Morgan fingerprint density at radius 2 is 1.89 bits per heavy atom. The van der Waals surface area contributed by atoms with Gasteiger partial charge in [0.2, 0.25) is 10.0 Å². The summed E-state index contributed by atoms with van der Waals surface area (Å²) >= 11 is 6.00. The largest absolute Gasteiger partial charge is 0.395 e.